The quantitative estimate of drug-likeness (QED) is 0.542. The molecule has 4 nitrogen and oxygen atoms in total. The van der Waals surface area contributed by atoms with E-state index in [0.29, 0.717) is 16.6 Å². The van der Waals surface area contributed by atoms with Crippen molar-refractivity contribution in [1.82, 2.24) is 9.55 Å². The third-order valence-corrected chi connectivity index (χ3v) is 4.08. The van der Waals surface area contributed by atoms with Crippen molar-refractivity contribution in [3.05, 3.63) is 58.9 Å². The van der Waals surface area contributed by atoms with Crippen LogP contribution in [0.1, 0.15) is 27.2 Å². The maximum absolute atomic E-state index is 12.2. The highest BCUT2D eigenvalue weighted by Gasteiger charge is 2.21. The van der Waals surface area contributed by atoms with Crippen LogP contribution in [0.25, 0.3) is 16.7 Å². The predicted octanol–water partition coefficient (Wildman–Crippen LogP) is 3.94. The molecular formula is C18H14ClN3O. The zero-order valence-corrected chi connectivity index (χ0v) is 13.6. The fourth-order valence-corrected chi connectivity index (χ4v) is 2.93. The summed E-state index contributed by atoms with van der Waals surface area (Å²) in [7, 11) is 0. The summed E-state index contributed by atoms with van der Waals surface area (Å²) in [5.41, 5.74) is 5.35. The van der Waals surface area contributed by atoms with Gasteiger partial charge in [0.25, 0.3) is 0 Å². The number of hydrogen-bond acceptors (Lipinski definition) is 3. The summed E-state index contributed by atoms with van der Waals surface area (Å²) in [4.78, 5) is 16.7. The van der Waals surface area contributed by atoms with Crippen molar-refractivity contribution in [3.8, 4) is 11.8 Å². The second kappa shape index (κ2) is 5.86. The van der Waals surface area contributed by atoms with Crippen molar-refractivity contribution < 1.29 is 4.79 Å². The molecule has 3 aromatic rings. The average molecular weight is 324 g/mol. The van der Waals surface area contributed by atoms with Gasteiger partial charge in [0.1, 0.15) is 0 Å². The summed E-state index contributed by atoms with van der Waals surface area (Å²) in [5, 5.41) is 8.94. The zero-order chi connectivity index (χ0) is 16.6. The lowest BCUT2D eigenvalue weighted by Crippen LogP contribution is -2.04. The molecule has 0 aliphatic carbocycles. The SMILES string of the molecule is Cc1cnc2c(C(=O)CCl)c(C)n(-c3ccc(C#N)cc3)c2c1. The van der Waals surface area contributed by atoms with Crippen molar-refractivity contribution in [2.75, 3.05) is 5.88 Å². The van der Waals surface area contributed by atoms with Crippen LogP contribution in [0.2, 0.25) is 0 Å². The van der Waals surface area contributed by atoms with Crippen LogP contribution in [0.3, 0.4) is 0 Å². The van der Waals surface area contributed by atoms with Gasteiger partial charge in [-0.2, -0.15) is 5.26 Å². The zero-order valence-electron chi connectivity index (χ0n) is 12.8. The van der Waals surface area contributed by atoms with E-state index < -0.39 is 0 Å². The average Bonchev–Trinajstić information content (AvgIpc) is 2.85. The Balaban J connectivity index is 2.35. The molecule has 2 aromatic heterocycles. The van der Waals surface area contributed by atoms with Crippen molar-refractivity contribution >= 4 is 28.4 Å². The highest BCUT2D eigenvalue weighted by molar-refractivity contribution is 6.32. The Bertz CT molecular complexity index is 949. The fourth-order valence-electron chi connectivity index (χ4n) is 2.80. The number of Topliss-reactive ketones (excluding diaryl/α,β-unsaturated/α-hetero) is 1. The molecule has 0 saturated heterocycles. The summed E-state index contributed by atoms with van der Waals surface area (Å²) in [6.45, 7) is 3.84. The molecule has 0 spiro atoms. The number of carbonyl (C=O) groups is 1. The lowest BCUT2D eigenvalue weighted by Gasteiger charge is -2.09. The molecule has 0 radical (unpaired) electrons. The number of carbonyl (C=O) groups excluding carboxylic acids is 1. The van der Waals surface area contributed by atoms with Gasteiger partial charge in [0, 0.05) is 17.6 Å². The fraction of sp³-hybridized carbons (Fsp3) is 0.167. The molecule has 0 amide bonds. The smallest absolute Gasteiger partial charge is 0.181 e. The molecule has 0 saturated carbocycles. The Labute approximate surface area is 138 Å². The van der Waals surface area contributed by atoms with Crippen molar-refractivity contribution in [2.45, 2.75) is 13.8 Å². The third kappa shape index (κ3) is 2.49. The molecule has 0 bridgehead atoms. The van der Waals surface area contributed by atoms with Crippen LogP contribution in [0.5, 0.6) is 0 Å². The van der Waals surface area contributed by atoms with Crippen LogP contribution < -0.4 is 0 Å². The lowest BCUT2D eigenvalue weighted by atomic mass is 10.1. The molecular weight excluding hydrogens is 310 g/mol. The molecule has 0 unspecified atom stereocenters. The highest BCUT2D eigenvalue weighted by atomic mass is 35.5. The highest BCUT2D eigenvalue weighted by Crippen LogP contribution is 2.29. The Morgan fingerprint density at radius 1 is 1.30 bits per heavy atom. The first-order chi connectivity index (χ1) is 11.1. The minimum absolute atomic E-state index is 0.0805. The van der Waals surface area contributed by atoms with Crippen LogP contribution in [0.4, 0.5) is 0 Å². The van der Waals surface area contributed by atoms with E-state index in [4.69, 9.17) is 16.9 Å². The van der Waals surface area contributed by atoms with Crippen LogP contribution in [-0.4, -0.2) is 21.2 Å². The summed E-state index contributed by atoms with van der Waals surface area (Å²) >= 11 is 5.76. The molecule has 0 atom stereocenters. The standard InChI is InChI=1S/C18H14ClN3O/c1-11-7-15-18(21-10-11)17(16(23)8-19)12(2)22(15)14-5-3-13(9-20)4-6-14/h3-7,10H,8H2,1-2H3. The number of benzene rings is 1. The number of hydrogen-bond donors (Lipinski definition) is 0. The van der Waals surface area contributed by atoms with Gasteiger partial charge in [-0.1, -0.05) is 0 Å². The Morgan fingerprint density at radius 3 is 2.61 bits per heavy atom. The molecule has 0 aliphatic rings. The largest absolute Gasteiger partial charge is 0.312 e. The second-order valence-corrected chi connectivity index (χ2v) is 5.66. The van der Waals surface area contributed by atoms with Crippen LogP contribution in [0.15, 0.2) is 36.5 Å². The number of aryl methyl sites for hydroxylation is 1. The molecule has 0 aliphatic heterocycles. The van der Waals surface area contributed by atoms with Crippen molar-refractivity contribution in [2.24, 2.45) is 0 Å². The predicted molar refractivity (Wildman–Crippen MR) is 90.3 cm³/mol. The molecule has 23 heavy (non-hydrogen) atoms. The maximum atomic E-state index is 12.2. The first kappa shape index (κ1) is 15.3. The van der Waals surface area contributed by atoms with Crippen LogP contribution in [0, 0.1) is 25.2 Å². The van der Waals surface area contributed by atoms with Gasteiger partial charge in [-0.15, -0.1) is 11.6 Å². The minimum atomic E-state index is -0.141. The van der Waals surface area contributed by atoms with Crippen molar-refractivity contribution in [1.29, 1.82) is 5.26 Å². The summed E-state index contributed by atoms with van der Waals surface area (Å²) in [6, 6.07) is 11.3. The van der Waals surface area contributed by atoms with E-state index in [-0.39, 0.29) is 11.7 Å². The molecule has 3 rings (SSSR count). The van der Waals surface area contributed by atoms with Gasteiger partial charge in [-0.25, -0.2) is 0 Å². The van der Waals surface area contributed by atoms with Gasteiger partial charge in [0.05, 0.1) is 34.1 Å². The van der Waals surface area contributed by atoms with Gasteiger partial charge < -0.3 is 4.57 Å². The van der Waals surface area contributed by atoms with E-state index in [9.17, 15) is 4.79 Å². The number of fused-ring (bicyclic) bond motifs is 1. The third-order valence-electron chi connectivity index (χ3n) is 3.83. The Morgan fingerprint density at radius 2 is 2.00 bits per heavy atom. The van der Waals surface area contributed by atoms with E-state index in [0.717, 1.165) is 22.5 Å². The van der Waals surface area contributed by atoms with E-state index >= 15 is 0 Å². The van der Waals surface area contributed by atoms with E-state index in [1.165, 1.54) is 0 Å². The number of alkyl halides is 1. The number of pyridine rings is 1. The number of aromatic nitrogens is 2. The number of nitrogens with zero attached hydrogens (tertiary/aromatic N) is 3. The number of rotatable bonds is 3. The number of ketones is 1. The molecule has 0 fully saturated rings. The normalized spacial score (nSPS) is 10.7. The minimum Gasteiger partial charge on any atom is -0.312 e. The van der Waals surface area contributed by atoms with E-state index in [1.807, 2.05) is 36.6 Å². The first-order valence-electron chi connectivity index (χ1n) is 7.14. The Kier molecular flexibility index (Phi) is 3.89. The van der Waals surface area contributed by atoms with Gasteiger partial charge >= 0.3 is 0 Å². The first-order valence-corrected chi connectivity index (χ1v) is 7.67. The topological polar surface area (TPSA) is 58.7 Å². The molecule has 5 heteroatoms. The van der Waals surface area contributed by atoms with Gasteiger partial charge in [0.15, 0.2) is 5.78 Å². The van der Waals surface area contributed by atoms with Gasteiger partial charge in [-0.05, 0) is 49.7 Å². The molecule has 2 heterocycles. The summed E-state index contributed by atoms with van der Waals surface area (Å²) in [5.74, 6) is -0.221. The Hall–Kier alpha value is -2.64. The van der Waals surface area contributed by atoms with Gasteiger partial charge in [-0.3, -0.25) is 9.78 Å². The summed E-state index contributed by atoms with van der Waals surface area (Å²) in [6.07, 6.45) is 1.75. The van der Waals surface area contributed by atoms with Crippen molar-refractivity contribution in [3.63, 3.8) is 0 Å². The summed E-state index contributed by atoms with van der Waals surface area (Å²) < 4.78 is 1.98. The number of halogens is 1. The molecule has 1 aromatic carbocycles. The van der Waals surface area contributed by atoms with Gasteiger partial charge in [0.2, 0.25) is 0 Å². The molecule has 0 N–H and O–H groups in total. The van der Waals surface area contributed by atoms with Crippen LogP contribution in [-0.2, 0) is 0 Å². The van der Waals surface area contributed by atoms with Crippen LogP contribution >= 0.6 is 11.6 Å². The second-order valence-electron chi connectivity index (χ2n) is 5.39. The monoisotopic (exact) mass is 323 g/mol. The van der Waals surface area contributed by atoms with E-state index in [1.54, 1.807) is 18.3 Å². The lowest BCUT2D eigenvalue weighted by molar-refractivity contribution is 0.102. The number of nitriles is 1. The van der Waals surface area contributed by atoms with E-state index in [2.05, 4.69) is 11.1 Å². The maximum Gasteiger partial charge on any atom is 0.181 e. The molecule has 114 valence electrons.